The van der Waals surface area contributed by atoms with E-state index >= 15 is 0 Å². The van der Waals surface area contributed by atoms with E-state index in [1.807, 2.05) is 52.8 Å². The van der Waals surface area contributed by atoms with Crippen molar-refractivity contribution in [3.63, 3.8) is 0 Å². The molecule has 0 aliphatic carbocycles. The number of nitrogens with two attached hydrogens (primary N) is 1. The molecule has 21 heavy (non-hydrogen) atoms. The number of amides is 1. The zero-order valence-corrected chi connectivity index (χ0v) is 14.3. The SMILES string of the molecule is CCOc1cc(C)ccc1CNC(=O)[C@@H](N)C(C)(C)C.Cl. The second-order valence-electron chi connectivity index (χ2n) is 6.11. The average Bonchev–Trinajstić information content (AvgIpc) is 2.36. The fraction of sp³-hybridized carbons (Fsp3) is 0.562. The number of nitrogens with one attached hydrogen (secondary N) is 1. The fourth-order valence-electron chi connectivity index (χ4n) is 1.78. The molecule has 1 atom stereocenters. The molecule has 0 radical (unpaired) electrons. The van der Waals surface area contributed by atoms with Crippen LogP contribution in [0.25, 0.3) is 0 Å². The zero-order chi connectivity index (χ0) is 15.3. The summed E-state index contributed by atoms with van der Waals surface area (Å²) < 4.78 is 5.60. The molecule has 0 saturated carbocycles. The first-order valence-electron chi connectivity index (χ1n) is 7.01. The minimum atomic E-state index is -0.525. The van der Waals surface area contributed by atoms with Gasteiger partial charge in [0, 0.05) is 12.1 Å². The van der Waals surface area contributed by atoms with E-state index in [9.17, 15) is 4.79 Å². The van der Waals surface area contributed by atoms with Gasteiger partial charge in [-0.1, -0.05) is 32.9 Å². The van der Waals surface area contributed by atoms with Gasteiger partial charge in [0.15, 0.2) is 0 Å². The predicted octanol–water partition coefficient (Wildman–Crippen LogP) is 2.81. The van der Waals surface area contributed by atoms with E-state index in [0.717, 1.165) is 16.9 Å². The van der Waals surface area contributed by atoms with Crippen molar-refractivity contribution in [1.82, 2.24) is 5.32 Å². The molecule has 0 saturated heterocycles. The molecule has 3 N–H and O–H groups in total. The third kappa shape index (κ3) is 5.94. The van der Waals surface area contributed by atoms with Crippen molar-refractivity contribution in [3.05, 3.63) is 29.3 Å². The molecule has 0 spiro atoms. The van der Waals surface area contributed by atoms with E-state index in [2.05, 4.69) is 5.32 Å². The molecule has 1 aromatic rings. The van der Waals surface area contributed by atoms with Crippen molar-refractivity contribution in [3.8, 4) is 5.75 Å². The van der Waals surface area contributed by atoms with Crippen LogP contribution in [0.4, 0.5) is 0 Å². The van der Waals surface area contributed by atoms with Crippen molar-refractivity contribution in [2.75, 3.05) is 6.61 Å². The Morgan fingerprint density at radius 2 is 2.00 bits per heavy atom. The summed E-state index contributed by atoms with van der Waals surface area (Å²) in [5, 5.41) is 2.88. The van der Waals surface area contributed by atoms with Crippen LogP contribution in [0, 0.1) is 12.3 Å². The summed E-state index contributed by atoms with van der Waals surface area (Å²) in [6.07, 6.45) is 0. The van der Waals surface area contributed by atoms with E-state index in [1.54, 1.807) is 0 Å². The number of aryl methyl sites for hydroxylation is 1. The summed E-state index contributed by atoms with van der Waals surface area (Å²) in [7, 11) is 0. The van der Waals surface area contributed by atoms with E-state index in [4.69, 9.17) is 10.5 Å². The van der Waals surface area contributed by atoms with Crippen molar-refractivity contribution >= 4 is 18.3 Å². The van der Waals surface area contributed by atoms with Gasteiger partial charge < -0.3 is 15.8 Å². The number of ether oxygens (including phenoxy) is 1. The maximum atomic E-state index is 12.0. The fourth-order valence-corrected chi connectivity index (χ4v) is 1.78. The maximum absolute atomic E-state index is 12.0. The Labute approximate surface area is 133 Å². The van der Waals surface area contributed by atoms with Crippen LogP contribution >= 0.6 is 12.4 Å². The quantitative estimate of drug-likeness (QED) is 0.878. The number of carbonyl (C=O) groups is 1. The molecule has 0 aliphatic rings. The van der Waals surface area contributed by atoms with Crippen molar-refractivity contribution in [2.24, 2.45) is 11.1 Å². The van der Waals surface area contributed by atoms with E-state index in [0.29, 0.717) is 13.2 Å². The zero-order valence-electron chi connectivity index (χ0n) is 13.5. The molecule has 1 amide bonds. The van der Waals surface area contributed by atoms with Crippen molar-refractivity contribution in [1.29, 1.82) is 0 Å². The molecule has 0 unspecified atom stereocenters. The monoisotopic (exact) mass is 314 g/mol. The number of hydrogen-bond acceptors (Lipinski definition) is 3. The Kier molecular flexibility index (Phi) is 7.75. The Morgan fingerprint density at radius 1 is 1.38 bits per heavy atom. The first kappa shape index (κ1) is 19.7. The highest BCUT2D eigenvalue weighted by molar-refractivity contribution is 5.85. The second-order valence-corrected chi connectivity index (χ2v) is 6.11. The van der Waals surface area contributed by atoms with Crippen LogP contribution in [0.2, 0.25) is 0 Å². The highest BCUT2D eigenvalue weighted by Crippen LogP contribution is 2.21. The van der Waals surface area contributed by atoms with Gasteiger partial charge in [-0.05, 0) is 30.9 Å². The topological polar surface area (TPSA) is 64.3 Å². The largest absolute Gasteiger partial charge is 0.494 e. The Bertz CT molecular complexity index is 470. The average molecular weight is 315 g/mol. The molecule has 4 nitrogen and oxygen atoms in total. The van der Waals surface area contributed by atoms with Crippen LogP contribution in [0.5, 0.6) is 5.75 Å². The molecule has 120 valence electrons. The molecule has 1 aromatic carbocycles. The van der Waals surface area contributed by atoms with E-state index < -0.39 is 6.04 Å². The van der Waals surface area contributed by atoms with Crippen LogP contribution < -0.4 is 15.8 Å². The summed E-state index contributed by atoms with van der Waals surface area (Å²) in [6, 6.07) is 5.44. The summed E-state index contributed by atoms with van der Waals surface area (Å²) in [5.74, 6) is 0.678. The molecule has 1 rings (SSSR count). The lowest BCUT2D eigenvalue weighted by Gasteiger charge is -2.26. The highest BCUT2D eigenvalue weighted by Gasteiger charge is 2.27. The van der Waals surface area contributed by atoms with Gasteiger partial charge in [0.2, 0.25) is 5.91 Å². The van der Waals surface area contributed by atoms with E-state index in [1.165, 1.54) is 0 Å². The van der Waals surface area contributed by atoms with Gasteiger partial charge in [0.25, 0.3) is 0 Å². The third-order valence-corrected chi connectivity index (χ3v) is 3.19. The van der Waals surface area contributed by atoms with E-state index in [-0.39, 0.29) is 23.7 Å². The molecular formula is C16H27ClN2O2. The lowest BCUT2D eigenvalue weighted by atomic mass is 9.87. The predicted molar refractivity (Wildman–Crippen MR) is 88.9 cm³/mol. The van der Waals surface area contributed by atoms with Gasteiger partial charge in [0.1, 0.15) is 5.75 Å². The molecule has 0 fully saturated rings. The van der Waals surface area contributed by atoms with Gasteiger partial charge in [-0.25, -0.2) is 0 Å². The van der Waals surface area contributed by atoms with Crippen molar-refractivity contribution < 1.29 is 9.53 Å². The molecule has 0 heterocycles. The Hall–Kier alpha value is -1.26. The third-order valence-electron chi connectivity index (χ3n) is 3.19. The molecule has 0 aromatic heterocycles. The normalized spacial score (nSPS) is 12.3. The van der Waals surface area contributed by atoms with Crippen molar-refractivity contribution in [2.45, 2.75) is 47.2 Å². The first-order valence-corrected chi connectivity index (χ1v) is 7.01. The number of carbonyl (C=O) groups excluding carboxylic acids is 1. The van der Waals surface area contributed by atoms with Crippen LogP contribution in [-0.4, -0.2) is 18.6 Å². The smallest absolute Gasteiger partial charge is 0.237 e. The highest BCUT2D eigenvalue weighted by atomic mass is 35.5. The molecule has 0 bridgehead atoms. The number of hydrogen-bond donors (Lipinski definition) is 2. The molecule has 5 heteroatoms. The first-order chi connectivity index (χ1) is 9.25. The minimum Gasteiger partial charge on any atom is -0.494 e. The maximum Gasteiger partial charge on any atom is 0.237 e. The number of rotatable bonds is 5. The summed E-state index contributed by atoms with van der Waals surface area (Å²) >= 11 is 0. The molecular weight excluding hydrogens is 288 g/mol. The lowest BCUT2D eigenvalue weighted by molar-refractivity contribution is -0.124. The van der Waals surface area contributed by atoms with Crippen LogP contribution in [0.1, 0.15) is 38.8 Å². The standard InChI is InChI=1S/C16H26N2O2.ClH/c1-6-20-13-9-11(2)7-8-12(13)10-18-15(19)14(17)16(3,4)5;/h7-9,14H,6,10,17H2,1-5H3,(H,18,19);1H/t14-;/m1./s1. The van der Waals surface area contributed by atoms with Gasteiger partial charge in [-0.15, -0.1) is 12.4 Å². The summed E-state index contributed by atoms with van der Waals surface area (Å²) in [4.78, 5) is 12.0. The van der Waals surface area contributed by atoms with Crippen LogP contribution in [0.15, 0.2) is 18.2 Å². The van der Waals surface area contributed by atoms with Gasteiger partial charge in [-0.3, -0.25) is 4.79 Å². The summed E-state index contributed by atoms with van der Waals surface area (Å²) in [6.45, 7) is 10.9. The van der Waals surface area contributed by atoms with Crippen LogP contribution in [-0.2, 0) is 11.3 Å². The second kappa shape index (κ2) is 8.25. The van der Waals surface area contributed by atoms with Gasteiger partial charge in [0.05, 0.1) is 12.6 Å². The number of halogens is 1. The molecule has 0 aliphatic heterocycles. The Balaban J connectivity index is 0.00000400. The number of benzene rings is 1. The minimum absolute atomic E-state index is 0. The Morgan fingerprint density at radius 3 is 2.52 bits per heavy atom. The lowest BCUT2D eigenvalue weighted by Crippen LogP contribution is -2.48. The van der Waals surface area contributed by atoms with Crippen LogP contribution in [0.3, 0.4) is 0 Å². The summed E-state index contributed by atoms with van der Waals surface area (Å²) in [5.41, 5.74) is 7.78. The van der Waals surface area contributed by atoms with Gasteiger partial charge in [-0.2, -0.15) is 0 Å². The van der Waals surface area contributed by atoms with Gasteiger partial charge >= 0.3 is 0 Å².